The van der Waals surface area contributed by atoms with Crippen LogP contribution in [0.25, 0.3) is 0 Å². The third kappa shape index (κ3) is 2.71. The summed E-state index contributed by atoms with van der Waals surface area (Å²) in [5, 5.41) is 0. The zero-order valence-corrected chi connectivity index (χ0v) is 9.26. The summed E-state index contributed by atoms with van der Waals surface area (Å²) in [6.07, 6.45) is 3.96. The van der Waals surface area contributed by atoms with Gasteiger partial charge in [0.2, 0.25) is 5.91 Å². The molecule has 1 saturated carbocycles. The molecular weight excluding hydrogens is 162 g/mol. The molecular formula is C11H21NO. The average molecular weight is 183 g/mol. The van der Waals surface area contributed by atoms with E-state index in [0.29, 0.717) is 0 Å². The minimum Gasteiger partial charge on any atom is -0.345 e. The van der Waals surface area contributed by atoms with Crippen molar-refractivity contribution in [3.8, 4) is 0 Å². The van der Waals surface area contributed by atoms with Gasteiger partial charge in [0.05, 0.1) is 0 Å². The van der Waals surface area contributed by atoms with Crippen molar-refractivity contribution in [3.05, 3.63) is 0 Å². The second kappa shape index (κ2) is 3.69. The molecule has 0 aliphatic heterocycles. The fourth-order valence-corrected chi connectivity index (χ4v) is 1.72. The molecule has 13 heavy (non-hydrogen) atoms. The number of hydrogen-bond acceptors (Lipinski definition) is 1. The van der Waals surface area contributed by atoms with E-state index in [2.05, 4.69) is 0 Å². The van der Waals surface area contributed by atoms with E-state index in [1.54, 1.807) is 0 Å². The van der Waals surface area contributed by atoms with Gasteiger partial charge in [-0.15, -0.1) is 0 Å². The van der Waals surface area contributed by atoms with Crippen molar-refractivity contribution in [1.29, 1.82) is 0 Å². The maximum Gasteiger partial charge on any atom is 0.227 e. The number of carbonyl (C=O) groups is 1. The van der Waals surface area contributed by atoms with Crippen molar-refractivity contribution in [3.63, 3.8) is 0 Å². The fraction of sp³-hybridized carbons (Fsp3) is 0.909. The Labute approximate surface area is 81.3 Å². The molecule has 1 aliphatic rings. The van der Waals surface area contributed by atoms with Crippen LogP contribution in [0.2, 0.25) is 0 Å². The third-order valence-corrected chi connectivity index (χ3v) is 2.75. The molecule has 0 spiro atoms. The minimum atomic E-state index is -0.224. The molecule has 0 bridgehead atoms. The van der Waals surface area contributed by atoms with Gasteiger partial charge >= 0.3 is 0 Å². The van der Waals surface area contributed by atoms with Crippen LogP contribution in [0.5, 0.6) is 0 Å². The largest absolute Gasteiger partial charge is 0.345 e. The topological polar surface area (TPSA) is 20.3 Å². The van der Waals surface area contributed by atoms with E-state index in [-0.39, 0.29) is 11.3 Å². The molecule has 0 aromatic rings. The first-order chi connectivity index (χ1) is 5.91. The van der Waals surface area contributed by atoms with Crippen molar-refractivity contribution in [2.75, 3.05) is 13.6 Å². The molecule has 1 amide bonds. The zero-order valence-electron chi connectivity index (χ0n) is 9.26. The molecule has 76 valence electrons. The smallest absolute Gasteiger partial charge is 0.227 e. The van der Waals surface area contributed by atoms with E-state index in [1.165, 1.54) is 19.3 Å². The Bertz CT molecular complexity index is 189. The Kier molecular flexibility index (Phi) is 2.99. The van der Waals surface area contributed by atoms with Gasteiger partial charge in [0.15, 0.2) is 0 Å². The maximum atomic E-state index is 11.8. The fourth-order valence-electron chi connectivity index (χ4n) is 1.72. The highest BCUT2D eigenvalue weighted by Gasteiger charge is 2.27. The molecule has 0 aromatic heterocycles. The van der Waals surface area contributed by atoms with Crippen LogP contribution in [0.4, 0.5) is 0 Å². The lowest BCUT2D eigenvalue weighted by Crippen LogP contribution is -2.40. The first kappa shape index (κ1) is 10.6. The third-order valence-electron chi connectivity index (χ3n) is 2.75. The lowest BCUT2D eigenvalue weighted by atomic mass is 9.84. The average Bonchev–Trinajstić information content (AvgIpc) is 1.93. The van der Waals surface area contributed by atoms with Crippen LogP contribution in [0, 0.1) is 11.3 Å². The van der Waals surface area contributed by atoms with E-state index in [1.807, 2.05) is 32.7 Å². The molecule has 0 aromatic carbocycles. The van der Waals surface area contributed by atoms with E-state index < -0.39 is 0 Å². The van der Waals surface area contributed by atoms with Gasteiger partial charge in [-0.2, -0.15) is 0 Å². The minimum absolute atomic E-state index is 0.224. The number of amides is 1. The summed E-state index contributed by atoms with van der Waals surface area (Å²) in [5.74, 6) is 1.04. The lowest BCUT2D eigenvalue weighted by Gasteiger charge is -2.33. The van der Waals surface area contributed by atoms with Crippen LogP contribution in [0.15, 0.2) is 0 Å². The Hall–Kier alpha value is -0.530. The normalized spacial score (nSPS) is 18.2. The number of rotatable bonds is 2. The summed E-state index contributed by atoms with van der Waals surface area (Å²) in [6, 6.07) is 0. The van der Waals surface area contributed by atoms with E-state index in [4.69, 9.17) is 0 Å². The van der Waals surface area contributed by atoms with Gasteiger partial charge in [-0.3, -0.25) is 4.79 Å². The summed E-state index contributed by atoms with van der Waals surface area (Å²) in [6.45, 7) is 6.89. The van der Waals surface area contributed by atoms with Gasteiger partial charge in [-0.25, -0.2) is 0 Å². The maximum absolute atomic E-state index is 11.8. The van der Waals surface area contributed by atoms with Crippen molar-refractivity contribution < 1.29 is 4.79 Å². The SMILES string of the molecule is CN(CC1CCC1)C(=O)C(C)(C)C. The molecule has 1 fully saturated rings. The van der Waals surface area contributed by atoms with Crippen LogP contribution >= 0.6 is 0 Å². The Morgan fingerprint density at radius 2 is 1.92 bits per heavy atom. The zero-order chi connectivity index (χ0) is 10.1. The lowest BCUT2D eigenvalue weighted by molar-refractivity contribution is -0.139. The van der Waals surface area contributed by atoms with Crippen molar-refractivity contribution in [2.45, 2.75) is 40.0 Å². The molecule has 0 unspecified atom stereocenters. The van der Waals surface area contributed by atoms with Gasteiger partial charge in [0, 0.05) is 19.0 Å². The molecule has 2 heteroatoms. The molecule has 0 saturated heterocycles. The summed E-state index contributed by atoms with van der Waals surface area (Å²) < 4.78 is 0. The quantitative estimate of drug-likeness (QED) is 0.643. The van der Waals surface area contributed by atoms with Crippen LogP contribution in [-0.4, -0.2) is 24.4 Å². The number of carbonyl (C=O) groups excluding carboxylic acids is 1. The van der Waals surface area contributed by atoms with Crippen molar-refractivity contribution in [1.82, 2.24) is 4.90 Å². The summed E-state index contributed by atoms with van der Waals surface area (Å²) >= 11 is 0. The summed E-state index contributed by atoms with van der Waals surface area (Å²) in [7, 11) is 1.92. The molecule has 0 heterocycles. The Morgan fingerprint density at radius 1 is 1.38 bits per heavy atom. The van der Waals surface area contributed by atoms with Gasteiger partial charge in [0.1, 0.15) is 0 Å². The number of hydrogen-bond donors (Lipinski definition) is 0. The second-order valence-electron chi connectivity index (χ2n) is 5.23. The van der Waals surface area contributed by atoms with Gasteiger partial charge in [-0.1, -0.05) is 27.2 Å². The first-order valence-electron chi connectivity index (χ1n) is 5.17. The Balaban J connectivity index is 2.37. The predicted molar refractivity (Wildman–Crippen MR) is 54.4 cm³/mol. The summed E-state index contributed by atoms with van der Waals surface area (Å²) in [5.41, 5.74) is -0.224. The monoisotopic (exact) mass is 183 g/mol. The molecule has 0 N–H and O–H groups in total. The van der Waals surface area contributed by atoms with Crippen LogP contribution in [0.3, 0.4) is 0 Å². The van der Waals surface area contributed by atoms with Crippen LogP contribution in [0.1, 0.15) is 40.0 Å². The van der Waals surface area contributed by atoms with E-state index >= 15 is 0 Å². The highest BCUT2D eigenvalue weighted by molar-refractivity contribution is 5.81. The molecule has 0 atom stereocenters. The van der Waals surface area contributed by atoms with Crippen molar-refractivity contribution in [2.24, 2.45) is 11.3 Å². The summed E-state index contributed by atoms with van der Waals surface area (Å²) in [4.78, 5) is 13.7. The highest BCUT2D eigenvalue weighted by atomic mass is 16.2. The molecule has 2 nitrogen and oxygen atoms in total. The second-order valence-corrected chi connectivity index (χ2v) is 5.23. The van der Waals surface area contributed by atoms with Crippen molar-refractivity contribution >= 4 is 5.91 Å². The van der Waals surface area contributed by atoms with Gasteiger partial charge < -0.3 is 4.90 Å². The van der Waals surface area contributed by atoms with Crippen LogP contribution < -0.4 is 0 Å². The van der Waals surface area contributed by atoms with Crippen LogP contribution in [-0.2, 0) is 4.79 Å². The molecule has 1 rings (SSSR count). The Morgan fingerprint density at radius 3 is 2.23 bits per heavy atom. The van der Waals surface area contributed by atoms with E-state index in [0.717, 1.165) is 12.5 Å². The molecule has 0 radical (unpaired) electrons. The first-order valence-corrected chi connectivity index (χ1v) is 5.17. The van der Waals surface area contributed by atoms with Gasteiger partial charge in [0.25, 0.3) is 0 Å². The highest BCUT2D eigenvalue weighted by Crippen LogP contribution is 2.28. The predicted octanol–water partition coefficient (Wildman–Crippen LogP) is 2.29. The van der Waals surface area contributed by atoms with E-state index in [9.17, 15) is 4.79 Å². The molecule has 1 aliphatic carbocycles. The van der Waals surface area contributed by atoms with Gasteiger partial charge in [-0.05, 0) is 18.8 Å². The number of nitrogens with zero attached hydrogens (tertiary/aromatic N) is 1. The standard InChI is InChI=1S/C11H21NO/c1-11(2,3)10(13)12(4)8-9-6-5-7-9/h9H,5-8H2,1-4H3.